The number of anilines is 1. The predicted octanol–water partition coefficient (Wildman–Crippen LogP) is 3.59. The van der Waals surface area contributed by atoms with Crippen LogP contribution in [0, 0.1) is 6.92 Å². The largest absolute Gasteiger partial charge is 0.504 e. The Hall–Kier alpha value is -1.90. The van der Waals surface area contributed by atoms with E-state index < -0.39 is 0 Å². The molecule has 0 saturated carbocycles. The summed E-state index contributed by atoms with van der Waals surface area (Å²) in [7, 11) is 3.80. The first-order valence-electron chi connectivity index (χ1n) is 6.12. The van der Waals surface area contributed by atoms with Crippen molar-refractivity contribution in [2.75, 3.05) is 19.0 Å². The van der Waals surface area contributed by atoms with E-state index in [2.05, 4.69) is 26.0 Å². The molecule has 0 aliphatic carbocycles. The van der Waals surface area contributed by atoms with Crippen molar-refractivity contribution >= 4 is 5.88 Å². The third-order valence-corrected chi connectivity index (χ3v) is 3.17. The lowest BCUT2D eigenvalue weighted by Gasteiger charge is -2.12. The van der Waals surface area contributed by atoms with Gasteiger partial charge in [-0.05, 0) is 30.0 Å². The number of rotatable bonds is 3. The first-order chi connectivity index (χ1) is 8.54. The molecule has 0 aliphatic rings. The van der Waals surface area contributed by atoms with Crippen molar-refractivity contribution in [2.45, 2.75) is 20.3 Å². The van der Waals surface area contributed by atoms with Crippen molar-refractivity contribution in [3.05, 3.63) is 35.6 Å². The highest BCUT2D eigenvalue weighted by Crippen LogP contribution is 2.39. The second-order valence-corrected chi connectivity index (χ2v) is 4.69. The maximum Gasteiger partial charge on any atom is 0.206 e. The van der Waals surface area contributed by atoms with Gasteiger partial charge in [0.1, 0.15) is 6.26 Å². The number of furan rings is 1. The molecule has 0 aliphatic heterocycles. The van der Waals surface area contributed by atoms with Gasteiger partial charge in [0.15, 0.2) is 5.75 Å². The summed E-state index contributed by atoms with van der Waals surface area (Å²) in [5.74, 6) is 0.860. The van der Waals surface area contributed by atoms with Gasteiger partial charge in [-0.1, -0.05) is 25.1 Å². The Morgan fingerprint density at radius 3 is 2.56 bits per heavy atom. The zero-order valence-corrected chi connectivity index (χ0v) is 11.3. The van der Waals surface area contributed by atoms with Gasteiger partial charge < -0.3 is 14.4 Å². The Kier molecular flexibility index (Phi) is 3.32. The van der Waals surface area contributed by atoms with Gasteiger partial charge in [-0.3, -0.25) is 0 Å². The number of nitrogens with zero attached hydrogens (tertiary/aromatic N) is 1. The lowest BCUT2D eigenvalue weighted by Crippen LogP contribution is -2.08. The fraction of sp³-hybridized carbons (Fsp3) is 0.333. The van der Waals surface area contributed by atoms with Crippen LogP contribution in [0.15, 0.2) is 28.9 Å². The number of aryl methyl sites for hydroxylation is 2. The molecule has 2 aromatic rings. The average Bonchev–Trinajstić information content (AvgIpc) is 2.71. The summed E-state index contributed by atoms with van der Waals surface area (Å²) in [6, 6.07) is 6.23. The van der Waals surface area contributed by atoms with Gasteiger partial charge in [0.25, 0.3) is 0 Å². The Morgan fingerprint density at radius 1 is 1.28 bits per heavy atom. The fourth-order valence-corrected chi connectivity index (χ4v) is 2.19. The molecule has 0 saturated heterocycles. The molecule has 0 radical (unpaired) electrons. The van der Waals surface area contributed by atoms with Crippen molar-refractivity contribution in [3.63, 3.8) is 0 Å². The molecule has 1 N–H and O–H groups in total. The van der Waals surface area contributed by atoms with Gasteiger partial charge in [-0.2, -0.15) is 0 Å². The van der Waals surface area contributed by atoms with E-state index in [1.807, 2.05) is 25.1 Å². The normalized spacial score (nSPS) is 10.7. The van der Waals surface area contributed by atoms with Crippen molar-refractivity contribution in [1.29, 1.82) is 0 Å². The first kappa shape index (κ1) is 12.6. The topological polar surface area (TPSA) is 36.6 Å². The molecule has 0 bridgehead atoms. The summed E-state index contributed by atoms with van der Waals surface area (Å²) in [6.07, 6.45) is 2.40. The van der Waals surface area contributed by atoms with Crippen molar-refractivity contribution in [2.24, 2.45) is 0 Å². The number of hydrogen-bond donors (Lipinski definition) is 1. The highest BCUT2D eigenvalue weighted by atomic mass is 16.4. The molecule has 0 atom stereocenters. The summed E-state index contributed by atoms with van der Waals surface area (Å²) in [6.45, 7) is 4.23. The highest BCUT2D eigenvalue weighted by molar-refractivity contribution is 5.80. The molecular formula is C15H19NO2. The van der Waals surface area contributed by atoms with E-state index in [1.54, 1.807) is 0 Å². The monoisotopic (exact) mass is 245 g/mol. The standard InChI is InChI=1S/C15H19NO2/c1-5-11-6-7-12(8-10(11)2)14-13(17)9-18-15(14)16(3)4/h6-9,17H,5H2,1-4H3. The number of aromatic hydroxyl groups is 1. The SMILES string of the molecule is CCc1ccc(-c2c(O)coc2N(C)C)cc1C. The van der Waals surface area contributed by atoms with Gasteiger partial charge in [0.05, 0.1) is 5.56 Å². The Morgan fingerprint density at radius 2 is 2.00 bits per heavy atom. The Labute approximate surface area is 108 Å². The zero-order valence-electron chi connectivity index (χ0n) is 11.3. The summed E-state index contributed by atoms with van der Waals surface area (Å²) in [5, 5.41) is 9.93. The van der Waals surface area contributed by atoms with E-state index in [-0.39, 0.29) is 5.75 Å². The maximum atomic E-state index is 9.93. The highest BCUT2D eigenvalue weighted by Gasteiger charge is 2.17. The summed E-state index contributed by atoms with van der Waals surface area (Å²) >= 11 is 0. The van der Waals surface area contributed by atoms with Crippen LogP contribution in [0.2, 0.25) is 0 Å². The van der Waals surface area contributed by atoms with Crippen LogP contribution in [-0.4, -0.2) is 19.2 Å². The third kappa shape index (κ3) is 2.08. The minimum atomic E-state index is 0.183. The second-order valence-electron chi connectivity index (χ2n) is 4.69. The lowest BCUT2D eigenvalue weighted by molar-refractivity contribution is 0.459. The number of benzene rings is 1. The zero-order chi connectivity index (χ0) is 13.3. The number of hydrogen-bond acceptors (Lipinski definition) is 3. The van der Waals surface area contributed by atoms with E-state index in [0.717, 1.165) is 17.5 Å². The molecule has 0 amide bonds. The molecule has 96 valence electrons. The van der Waals surface area contributed by atoms with Crippen LogP contribution in [0.1, 0.15) is 18.1 Å². The molecular weight excluding hydrogens is 226 g/mol. The van der Waals surface area contributed by atoms with E-state index in [0.29, 0.717) is 5.88 Å². The fourth-order valence-electron chi connectivity index (χ4n) is 2.19. The van der Waals surface area contributed by atoms with Crippen molar-refractivity contribution in [1.82, 2.24) is 0 Å². The van der Waals surface area contributed by atoms with E-state index in [4.69, 9.17) is 4.42 Å². The van der Waals surface area contributed by atoms with Gasteiger partial charge >= 0.3 is 0 Å². The van der Waals surface area contributed by atoms with Crippen LogP contribution in [0.3, 0.4) is 0 Å². The molecule has 3 nitrogen and oxygen atoms in total. The van der Waals surface area contributed by atoms with E-state index in [9.17, 15) is 5.11 Å². The van der Waals surface area contributed by atoms with Gasteiger partial charge in [-0.15, -0.1) is 0 Å². The predicted molar refractivity (Wildman–Crippen MR) is 74.3 cm³/mol. The molecule has 0 spiro atoms. The summed E-state index contributed by atoms with van der Waals surface area (Å²) in [4.78, 5) is 1.86. The Bertz CT molecular complexity index is 556. The first-order valence-corrected chi connectivity index (χ1v) is 6.12. The van der Waals surface area contributed by atoms with Crippen LogP contribution < -0.4 is 4.90 Å². The lowest BCUT2D eigenvalue weighted by atomic mass is 9.99. The van der Waals surface area contributed by atoms with Gasteiger partial charge in [0.2, 0.25) is 5.88 Å². The van der Waals surface area contributed by atoms with Crippen LogP contribution in [0.5, 0.6) is 5.75 Å². The third-order valence-electron chi connectivity index (χ3n) is 3.17. The van der Waals surface area contributed by atoms with Crippen LogP contribution in [0.25, 0.3) is 11.1 Å². The minimum Gasteiger partial charge on any atom is -0.504 e. The molecule has 1 heterocycles. The summed E-state index contributed by atoms with van der Waals surface area (Å²) < 4.78 is 5.38. The molecule has 18 heavy (non-hydrogen) atoms. The van der Waals surface area contributed by atoms with Crippen molar-refractivity contribution in [3.8, 4) is 16.9 Å². The molecule has 0 fully saturated rings. The van der Waals surface area contributed by atoms with Gasteiger partial charge in [0, 0.05) is 14.1 Å². The van der Waals surface area contributed by atoms with Gasteiger partial charge in [-0.25, -0.2) is 0 Å². The van der Waals surface area contributed by atoms with Crippen LogP contribution in [0.4, 0.5) is 5.88 Å². The Balaban J connectivity index is 2.55. The molecule has 2 rings (SSSR count). The maximum absolute atomic E-state index is 9.93. The van der Waals surface area contributed by atoms with E-state index >= 15 is 0 Å². The molecule has 1 aromatic carbocycles. The van der Waals surface area contributed by atoms with Crippen molar-refractivity contribution < 1.29 is 9.52 Å². The van der Waals surface area contributed by atoms with E-state index in [1.165, 1.54) is 17.4 Å². The smallest absolute Gasteiger partial charge is 0.206 e. The average molecular weight is 245 g/mol. The molecule has 0 unspecified atom stereocenters. The summed E-state index contributed by atoms with van der Waals surface area (Å²) in [5.41, 5.74) is 4.30. The second kappa shape index (κ2) is 4.77. The van der Waals surface area contributed by atoms with Crippen LogP contribution >= 0.6 is 0 Å². The molecule has 3 heteroatoms. The van der Waals surface area contributed by atoms with Crippen LogP contribution in [-0.2, 0) is 6.42 Å². The molecule has 1 aromatic heterocycles. The minimum absolute atomic E-state index is 0.183. The quantitative estimate of drug-likeness (QED) is 0.897.